The van der Waals surface area contributed by atoms with Gasteiger partial charge in [0.05, 0.1) is 6.04 Å². The first-order valence-corrected chi connectivity index (χ1v) is 5.52. The number of rotatable bonds is 2. The van der Waals surface area contributed by atoms with Crippen LogP contribution in [0.25, 0.3) is 0 Å². The number of aliphatic hydroxyl groups is 1. The van der Waals surface area contributed by atoms with E-state index in [0.717, 1.165) is 18.5 Å². The van der Waals surface area contributed by atoms with Crippen LogP contribution in [0.1, 0.15) is 24.9 Å². The number of amides is 1. The molecule has 0 saturated carbocycles. The molecule has 4 nitrogen and oxygen atoms in total. The molecule has 0 aliphatic carbocycles. The molecule has 0 radical (unpaired) electrons. The Balaban J connectivity index is 2.30. The molecule has 1 fully saturated rings. The van der Waals surface area contributed by atoms with Gasteiger partial charge in [-0.1, -0.05) is 6.07 Å². The highest BCUT2D eigenvalue weighted by molar-refractivity contribution is 5.74. The van der Waals surface area contributed by atoms with E-state index in [1.807, 2.05) is 17.0 Å². The monoisotopic (exact) mass is 220 g/mol. The Morgan fingerprint density at radius 1 is 1.69 bits per heavy atom. The molecule has 1 N–H and O–H groups in total. The second-order valence-corrected chi connectivity index (χ2v) is 4.17. The first-order valence-electron chi connectivity index (χ1n) is 5.52. The zero-order valence-corrected chi connectivity index (χ0v) is 9.34. The molecule has 1 aromatic heterocycles. The van der Waals surface area contributed by atoms with Gasteiger partial charge in [-0.15, -0.1) is 0 Å². The maximum Gasteiger partial charge on any atom is 0.219 e. The van der Waals surface area contributed by atoms with E-state index in [1.54, 1.807) is 19.3 Å². The topological polar surface area (TPSA) is 53.4 Å². The van der Waals surface area contributed by atoms with Crippen molar-refractivity contribution in [1.82, 2.24) is 9.88 Å². The molecule has 16 heavy (non-hydrogen) atoms. The summed E-state index contributed by atoms with van der Waals surface area (Å²) in [7, 11) is 0. The van der Waals surface area contributed by atoms with E-state index >= 15 is 0 Å². The minimum atomic E-state index is -0.0174. The lowest BCUT2D eigenvalue weighted by molar-refractivity contribution is -0.130. The van der Waals surface area contributed by atoms with E-state index < -0.39 is 0 Å². The van der Waals surface area contributed by atoms with Crippen molar-refractivity contribution in [3.8, 4) is 0 Å². The van der Waals surface area contributed by atoms with Crippen molar-refractivity contribution in [3.63, 3.8) is 0 Å². The lowest BCUT2D eigenvalue weighted by Crippen LogP contribution is -2.30. The Labute approximate surface area is 94.9 Å². The molecule has 0 spiro atoms. The third-order valence-electron chi connectivity index (χ3n) is 3.19. The number of nitrogens with zero attached hydrogens (tertiary/aromatic N) is 2. The quantitative estimate of drug-likeness (QED) is 0.808. The average molecular weight is 220 g/mol. The van der Waals surface area contributed by atoms with Crippen molar-refractivity contribution in [2.45, 2.75) is 19.4 Å². The zero-order chi connectivity index (χ0) is 11.5. The number of hydrogen-bond donors (Lipinski definition) is 1. The smallest absolute Gasteiger partial charge is 0.219 e. The third-order valence-corrected chi connectivity index (χ3v) is 3.19. The fourth-order valence-corrected chi connectivity index (χ4v) is 2.40. The summed E-state index contributed by atoms with van der Waals surface area (Å²) in [5.74, 6) is 0.193. The molecule has 1 aliphatic heterocycles. The summed E-state index contributed by atoms with van der Waals surface area (Å²) in [6.45, 7) is 2.41. The molecule has 2 unspecified atom stereocenters. The third kappa shape index (κ3) is 1.93. The summed E-state index contributed by atoms with van der Waals surface area (Å²) in [4.78, 5) is 17.4. The number of carbonyl (C=O) groups is 1. The number of likely N-dealkylation sites (tertiary alicyclic amines) is 1. The van der Waals surface area contributed by atoms with Gasteiger partial charge in [-0.2, -0.15) is 0 Å². The molecular weight excluding hydrogens is 204 g/mol. The molecule has 4 heteroatoms. The van der Waals surface area contributed by atoms with Gasteiger partial charge in [0.1, 0.15) is 0 Å². The summed E-state index contributed by atoms with van der Waals surface area (Å²) < 4.78 is 0. The number of hydrogen-bond acceptors (Lipinski definition) is 3. The Kier molecular flexibility index (Phi) is 3.19. The molecule has 2 rings (SSSR count). The van der Waals surface area contributed by atoms with Gasteiger partial charge in [-0.3, -0.25) is 9.78 Å². The highest BCUT2D eigenvalue weighted by atomic mass is 16.3. The second kappa shape index (κ2) is 4.61. The molecule has 1 aromatic rings. The average Bonchev–Trinajstić information content (AvgIpc) is 2.73. The minimum absolute atomic E-state index is 0.0174. The standard InChI is InChI=1S/C12H16N2O2/c1-9(16)14-6-4-11(8-15)12(14)10-3-2-5-13-7-10/h2-3,5,7,11-12,15H,4,6,8H2,1H3. The van der Waals surface area contributed by atoms with Crippen LogP contribution in [0, 0.1) is 5.92 Å². The van der Waals surface area contributed by atoms with E-state index in [0.29, 0.717) is 0 Å². The Hall–Kier alpha value is -1.42. The van der Waals surface area contributed by atoms with Gasteiger partial charge in [0.2, 0.25) is 5.91 Å². The fraction of sp³-hybridized carbons (Fsp3) is 0.500. The van der Waals surface area contributed by atoms with Gasteiger partial charge in [0.25, 0.3) is 0 Å². The maximum absolute atomic E-state index is 11.5. The molecule has 86 valence electrons. The van der Waals surface area contributed by atoms with Crippen LogP contribution in [-0.4, -0.2) is 34.0 Å². The summed E-state index contributed by atoms with van der Waals surface area (Å²) in [6, 6.07) is 3.80. The van der Waals surface area contributed by atoms with Crippen molar-refractivity contribution >= 4 is 5.91 Å². The summed E-state index contributed by atoms with van der Waals surface area (Å²) in [6.07, 6.45) is 4.34. The Morgan fingerprint density at radius 3 is 3.06 bits per heavy atom. The Bertz CT molecular complexity index is 367. The molecule has 1 amide bonds. The van der Waals surface area contributed by atoms with Gasteiger partial charge in [-0.25, -0.2) is 0 Å². The first-order chi connectivity index (χ1) is 7.74. The van der Waals surface area contributed by atoms with Crippen molar-refractivity contribution in [2.24, 2.45) is 5.92 Å². The SMILES string of the molecule is CC(=O)N1CCC(CO)C1c1cccnc1. The summed E-state index contributed by atoms with van der Waals surface area (Å²) in [5, 5.41) is 9.34. The summed E-state index contributed by atoms with van der Waals surface area (Å²) in [5.41, 5.74) is 1.01. The molecule has 2 heterocycles. The maximum atomic E-state index is 11.5. The van der Waals surface area contributed by atoms with Crippen LogP contribution < -0.4 is 0 Å². The first kappa shape index (κ1) is 11.1. The van der Waals surface area contributed by atoms with Crippen LogP contribution in [-0.2, 0) is 4.79 Å². The largest absolute Gasteiger partial charge is 0.396 e. The van der Waals surface area contributed by atoms with Crippen molar-refractivity contribution in [2.75, 3.05) is 13.2 Å². The van der Waals surface area contributed by atoms with Gasteiger partial charge >= 0.3 is 0 Å². The van der Waals surface area contributed by atoms with E-state index in [9.17, 15) is 9.90 Å². The van der Waals surface area contributed by atoms with Crippen molar-refractivity contribution in [3.05, 3.63) is 30.1 Å². The van der Waals surface area contributed by atoms with Crippen molar-refractivity contribution < 1.29 is 9.90 Å². The van der Waals surface area contributed by atoms with E-state index in [2.05, 4.69) is 4.98 Å². The van der Waals surface area contributed by atoms with Gasteiger partial charge in [-0.05, 0) is 18.1 Å². The van der Waals surface area contributed by atoms with Crippen LogP contribution >= 0.6 is 0 Å². The fourth-order valence-electron chi connectivity index (χ4n) is 2.40. The van der Waals surface area contributed by atoms with Gasteiger partial charge in [0.15, 0.2) is 0 Å². The molecule has 2 atom stereocenters. The van der Waals surface area contributed by atoms with Crippen LogP contribution in [0.2, 0.25) is 0 Å². The number of aromatic nitrogens is 1. The Morgan fingerprint density at radius 2 is 2.50 bits per heavy atom. The predicted octanol–water partition coefficient (Wildman–Crippen LogP) is 0.983. The zero-order valence-electron chi connectivity index (χ0n) is 9.34. The lowest BCUT2D eigenvalue weighted by Gasteiger charge is -2.26. The summed E-state index contributed by atoms with van der Waals surface area (Å²) >= 11 is 0. The number of aliphatic hydroxyl groups excluding tert-OH is 1. The van der Waals surface area contributed by atoms with Crippen molar-refractivity contribution in [1.29, 1.82) is 0 Å². The van der Waals surface area contributed by atoms with Gasteiger partial charge in [0, 0.05) is 38.4 Å². The van der Waals surface area contributed by atoms with Crippen LogP contribution in [0.4, 0.5) is 0 Å². The predicted molar refractivity (Wildman–Crippen MR) is 59.6 cm³/mol. The number of carbonyl (C=O) groups excluding carboxylic acids is 1. The van der Waals surface area contributed by atoms with Crippen LogP contribution in [0.3, 0.4) is 0 Å². The van der Waals surface area contributed by atoms with E-state index in [4.69, 9.17) is 0 Å². The van der Waals surface area contributed by atoms with Crippen LogP contribution in [0.15, 0.2) is 24.5 Å². The van der Waals surface area contributed by atoms with Crippen LogP contribution in [0.5, 0.6) is 0 Å². The molecule has 0 bridgehead atoms. The highest BCUT2D eigenvalue weighted by Crippen LogP contribution is 2.36. The molecular formula is C12H16N2O2. The second-order valence-electron chi connectivity index (χ2n) is 4.17. The normalized spacial score (nSPS) is 24.8. The number of pyridine rings is 1. The minimum Gasteiger partial charge on any atom is -0.396 e. The van der Waals surface area contributed by atoms with E-state index in [-0.39, 0.29) is 24.5 Å². The highest BCUT2D eigenvalue weighted by Gasteiger charge is 2.36. The molecule has 1 aliphatic rings. The lowest BCUT2D eigenvalue weighted by atomic mass is 9.95. The van der Waals surface area contributed by atoms with E-state index in [1.165, 1.54) is 0 Å². The van der Waals surface area contributed by atoms with Gasteiger partial charge < -0.3 is 10.0 Å². The molecule has 1 saturated heterocycles. The molecule has 0 aromatic carbocycles.